The van der Waals surface area contributed by atoms with Gasteiger partial charge in [0, 0.05) is 29.1 Å². The molecule has 2 saturated heterocycles. The Morgan fingerprint density at radius 2 is 1.92 bits per heavy atom. The minimum atomic E-state index is 0.573. The maximum absolute atomic E-state index is 5.41. The van der Waals surface area contributed by atoms with Crippen LogP contribution >= 0.6 is 0 Å². The van der Waals surface area contributed by atoms with Crippen molar-refractivity contribution in [1.82, 2.24) is 9.88 Å². The monoisotopic (exact) mass is 333 g/mol. The molecule has 0 amide bonds. The molecule has 2 aromatic heterocycles. The highest BCUT2D eigenvalue weighted by Gasteiger charge is 2.38. The Labute approximate surface area is 147 Å². The molecule has 2 fully saturated rings. The van der Waals surface area contributed by atoms with Crippen molar-refractivity contribution >= 4 is 16.7 Å². The molecule has 0 spiro atoms. The Bertz CT molecular complexity index is 872. The molecule has 0 unspecified atom stereocenters. The fraction of sp³-hybridized carbons (Fsp3) is 0.381. The maximum Gasteiger partial charge on any atom is 0.133 e. The molecule has 1 aromatic carbocycles. The van der Waals surface area contributed by atoms with Crippen LogP contribution < -0.4 is 5.32 Å². The number of aromatic nitrogens is 1. The minimum absolute atomic E-state index is 0.573. The predicted octanol–water partition coefficient (Wildman–Crippen LogP) is 4.53. The smallest absolute Gasteiger partial charge is 0.133 e. The number of nitrogens with one attached hydrogen (secondary N) is 1. The molecule has 3 atom stereocenters. The van der Waals surface area contributed by atoms with Crippen LogP contribution in [0.2, 0.25) is 0 Å². The summed E-state index contributed by atoms with van der Waals surface area (Å²) in [5.74, 6) is 0. The molecule has 25 heavy (non-hydrogen) atoms. The van der Waals surface area contributed by atoms with E-state index in [1.807, 2.05) is 18.3 Å². The van der Waals surface area contributed by atoms with Crippen LogP contribution in [0.1, 0.15) is 25.7 Å². The summed E-state index contributed by atoms with van der Waals surface area (Å²) in [7, 11) is 2.28. The molecule has 3 aromatic rings. The first-order valence-electron chi connectivity index (χ1n) is 9.18. The lowest BCUT2D eigenvalue weighted by Gasteiger charge is -2.37. The molecule has 4 heterocycles. The Kier molecular flexibility index (Phi) is 3.52. The lowest BCUT2D eigenvalue weighted by molar-refractivity contribution is 0.169. The van der Waals surface area contributed by atoms with Gasteiger partial charge in [0.25, 0.3) is 0 Å². The zero-order chi connectivity index (χ0) is 16.8. The summed E-state index contributed by atoms with van der Waals surface area (Å²) in [6, 6.07) is 14.5. The summed E-state index contributed by atoms with van der Waals surface area (Å²) in [5, 5.41) is 4.82. The van der Waals surface area contributed by atoms with Gasteiger partial charge < -0.3 is 14.6 Å². The first kappa shape index (κ1) is 15.0. The van der Waals surface area contributed by atoms with Gasteiger partial charge in [-0.2, -0.15) is 0 Å². The average Bonchev–Trinajstić information content (AvgIpc) is 3.16. The number of piperidine rings is 1. The normalized spacial score (nSPS) is 26.2. The molecule has 128 valence electrons. The third-order valence-electron chi connectivity index (χ3n) is 5.98. The average molecular weight is 333 g/mol. The number of furan rings is 1. The van der Waals surface area contributed by atoms with Gasteiger partial charge in [-0.25, -0.2) is 0 Å². The Balaban J connectivity index is 1.31. The SMILES string of the molecule is CN1[C@@H]2CC[C@H]1C[C@@H](Nc1ccc(-c3ccc4occc4c3)nc1)C2. The van der Waals surface area contributed by atoms with Crippen molar-refractivity contribution in [3.05, 3.63) is 48.9 Å². The third kappa shape index (κ3) is 2.71. The van der Waals surface area contributed by atoms with E-state index in [1.54, 1.807) is 6.26 Å². The van der Waals surface area contributed by atoms with E-state index in [0.29, 0.717) is 6.04 Å². The van der Waals surface area contributed by atoms with Gasteiger partial charge in [0.1, 0.15) is 5.58 Å². The quantitative estimate of drug-likeness (QED) is 0.764. The zero-order valence-corrected chi connectivity index (χ0v) is 14.5. The molecule has 2 bridgehead atoms. The largest absolute Gasteiger partial charge is 0.464 e. The number of pyridine rings is 1. The third-order valence-corrected chi connectivity index (χ3v) is 5.98. The van der Waals surface area contributed by atoms with Crippen molar-refractivity contribution in [2.24, 2.45) is 0 Å². The van der Waals surface area contributed by atoms with Crippen LogP contribution in [0.4, 0.5) is 5.69 Å². The van der Waals surface area contributed by atoms with Gasteiger partial charge in [0.2, 0.25) is 0 Å². The zero-order valence-electron chi connectivity index (χ0n) is 14.5. The van der Waals surface area contributed by atoms with Crippen molar-refractivity contribution in [2.75, 3.05) is 12.4 Å². The van der Waals surface area contributed by atoms with E-state index in [9.17, 15) is 0 Å². The molecule has 0 radical (unpaired) electrons. The molecular weight excluding hydrogens is 310 g/mol. The van der Waals surface area contributed by atoms with Gasteiger partial charge in [-0.3, -0.25) is 4.98 Å². The second kappa shape index (κ2) is 5.88. The molecule has 0 saturated carbocycles. The van der Waals surface area contributed by atoms with E-state index in [1.165, 1.54) is 25.7 Å². The fourth-order valence-corrected chi connectivity index (χ4v) is 4.54. The number of anilines is 1. The highest BCUT2D eigenvalue weighted by Crippen LogP contribution is 2.35. The highest BCUT2D eigenvalue weighted by atomic mass is 16.3. The van der Waals surface area contributed by atoms with Gasteiger partial charge in [-0.15, -0.1) is 0 Å². The number of rotatable bonds is 3. The number of nitrogens with zero attached hydrogens (tertiary/aromatic N) is 2. The molecule has 2 aliphatic heterocycles. The van der Waals surface area contributed by atoms with Crippen LogP contribution in [0, 0.1) is 0 Å². The Hall–Kier alpha value is -2.33. The fourth-order valence-electron chi connectivity index (χ4n) is 4.54. The van der Waals surface area contributed by atoms with Crippen LogP contribution in [-0.2, 0) is 0 Å². The van der Waals surface area contributed by atoms with Crippen molar-refractivity contribution in [2.45, 2.75) is 43.8 Å². The van der Waals surface area contributed by atoms with Crippen molar-refractivity contribution < 1.29 is 4.42 Å². The topological polar surface area (TPSA) is 41.3 Å². The van der Waals surface area contributed by atoms with Crippen LogP contribution in [0.3, 0.4) is 0 Å². The van der Waals surface area contributed by atoms with E-state index in [4.69, 9.17) is 4.42 Å². The van der Waals surface area contributed by atoms with Crippen LogP contribution in [0.5, 0.6) is 0 Å². The van der Waals surface area contributed by atoms with E-state index >= 15 is 0 Å². The Morgan fingerprint density at radius 3 is 2.68 bits per heavy atom. The summed E-state index contributed by atoms with van der Waals surface area (Å²) in [6.07, 6.45) is 8.89. The molecule has 0 aliphatic carbocycles. The van der Waals surface area contributed by atoms with Gasteiger partial charge in [0.15, 0.2) is 0 Å². The standard InChI is InChI=1S/C21H23N3O/c1-24-18-4-5-19(24)12-17(11-18)23-16-3-6-20(22-13-16)14-2-7-21-15(10-14)8-9-25-21/h2-3,6-10,13,17-19,23H,4-5,11-12H2,1H3/t17-,18+,19-. The maximum atomic E-state index is 5.41. The number of hydrogen-bond donors (Lipinski definition) is 1. The van der Waals surface area contributed by atoms with Gasteiger partial charge >= 0.3 is 0 Å². The molecule has 2 aliphatic rings. The van der Waals surface area contributed by atoms with Gasteiger partial charge in [-0.05, 0) is 69.1 Å². The Morgan fingerprint density at radius 1 is 1.08 bits per heavy atom. The van der Waals surface area contributed by atoms with Gasteiger partial charge in [-0.1, -0.05) is 0 Å². The summed E-state index contributed by atoms with van der Waals surface area (Å²) in [5.41, 5.74) is 4.16. The van der Waals surface area contributed by atoms with Crippen molar-refractivity contribution in [1.29, 1.82) is 0 Å². The highest BCUT2D eigenvalue weighted by molar-refractivity contribution is 5.82. The first-order valence-corrected chi connectivity index (χ1v) is 9.18. The van der Waals surface area contributed by atoms with Gasteiger partial charge in [0.05, 0.1) is 23.8 Å². The number of fused-ring (bicyclic) bond motifs is 3. The summed E-state index contributed by atoms with van der Waals surface area (Å²) >= 11 is 0. The molecular formula is C21H23N3O. The molecule has 5 rings (SSSR count). The second-order valence-corrected chi connectivity index (χ2v) is 7.47. The van der Waals surface area contributed by atoms with E-state index in [-0.39, 0.29) is 0 Å². The lowest BCUT2D eigenvalue weighted by atomic mass is 9.98. The number of hydrogen-bond acceptors (Lipinski definition) is 4. The molecule has 4 nitrogen and oxygen atoms in total. The lowest BCUT2D eigenvalue weighted by Crippen LogP contribution is -2.44. The second-order valence-electron chi connectivity index (χ2n) is 7.47. The van der Waals surface area contributed by atoms with Crippen LogP contribution in [-0.4, -0.2) is 35.1 Å². The summed E-state index contributed by atoms with van der Waals surface area (Å²) in [6.45, 7) is 0. The van der Waals surface area contributed by atoms with Crippen LogP contribution in [0.25, 0.3) is 22.2 Å². The predicted molar refractivity (Wildman–Crippen MR) is 101 cm³/mol. The van der Waals surface area contributed by atoms with E-state index in [0.717, 1.165) is 40.0 Å². The van der Waals surface area contributed by atoms with E-state index in [2.05, 4.69) is 46.5 Å². The van der Waals surface area contributed by atoms with E-state index < -0.39 is 0 Å². The minimum Gasteiger partial charge on any atom is -0.464 e. The molecule has 1 N–H and O–H groups in total. The number of benzene rings is 1. The van der Waals surface area contributed by atoms with Crippen molar-refractivity contribution in [3.63, 3.8) is 0 Å². The summed E-state index contributed by atoms with van der Waals surface area (Å²) < 4.78 is 5.41. The first-order chi connectivity index (χ1) is 12.3. The molecule has 4 heteroatoms. The van der Waals surface area contributed by atoms with Crippen LogP contribution in [0.15, 0.2) is 53.3 Å². The summed E-state index contributed by atoms with van der Waals surface area (Å²) in [4.78, 5) is 7.25. The van der Waals surface area contributed by atoms with Crippen molar-refractivity contribution in [3.8, 4) is 11.3 Å².